The molecule has 0 unspecified atom stereocenters. The van der Waals surface area contributed by atoms with E-state index in [2.05, 4.69) is 32.7 Å². The van der Waals surface area contributed by atoms with E-state index >= 15 is 0 Å². The van der Waals surface area contributed by atoms with Crippen molar-refractivity contribution in [2.24, 2.45) is 0 Å². The van der Waals surface area contributed by atoms with E-state index < -0.39 is 0 Å². The molecule has 0 aliphatic rings. The molecule has 0 bridgehead atoms. The number of benzene rings is 1. The molecular weight excluding hydrogens is 280 g/mol. The highest BCUT2D eigenvalue weighted by molar-refractivity contribution is 5.93. The molecule has 0 radical (unpaired) electrons. The predicted molar refractivity (Wildman–Crippen MR) is 84.9 cm³/mol. The van der Waals surface area contributed by atoms with Crippen LogP contribution in [0.25, 0.3) is 0 Å². The van der Waals surface area contributed by atoms with Crippen LogP contribution < -0.4 is 10.6 Å². The Hall–Kier alpha value is -2.47. The van der Waals surface area contributed by atoms with Gasteiger partial charge in [-0.2, -0.15) is 0 Å². The third-order valence-electron chi connectivity index (χ3n) is 3.05. The number of nitrogens with one attached hydrogen (secondary N) is 2. The number of hydrogen-bond donors (Lipinski definition) is 2. The maximum atomic E-state index is 11.8. The molecule has 1 aromatic carbocycles. The molecule has 2 aromatic rings. The Morgan fingerprint density at radius 2 is 1.86 bits per heavy atom. The van der Waals surface area contributed by atoms with E-state index in [4.69, 9.17) is 4.74 Å². The maximum absolute atomic E-state index is 11.8. The first-order valence-corrected chi connectivity index (χ1v) is 7.16. The van der Waals surface area contributed by atoms with Gasteiger partial charge in [-0.1, -0.05) is 30.3 Å². The first-order chi connectivity index (χ1) is 10.8. The molecule has 0 aliphatic heterocycles. The molecule has 1 amide bonds. The number of nitrogens with zero attached hydrogens (tertiary/aromatic N) is 2. The quantitative estimate of drug-likeness (QED) is 0.723. The van der Waals surface area contributed by atoms with Gasteiger partial charge in [-0.3, -0.25) is 4.79 Å². The van der Waals surface area contributed by atoms with Crippen LogP contribution in [0.4, 0.5) is 5.95 Å². The Morgan fingerprint density at radius 1 is 1.14 bits per heavy atom. The summed E-state index contributed by atoms with van der Waals surface area (Å²) in [5.74, 6) is 0.317. The fourth-order valence-corrected chi connectivity index (χ4v) is 1.87. The van der Waals surface area contributed by atoms with Gasteiger partial charge in [0.15, 0.2) is 0 Å². The van der Waals surface area contributed by atoms with E-state index in [1.807, 2.05) is 18.2 Å². The number of amides is 1. The molecule has 0 spiro atoms. The number of ether oxygens (including phenoxy) is 1. The maximum Gasteiger partial charge on any atom is 0.254 e. The van der Waals surface area contributed by atoms with Crippen LogP contribution in [-0.2, 0) is 11.2 Å². The molecule has 1 heterocycles. The standard InChI is InChI=1S/C16H20N4O2/c1-22-10-9-17-15(21)14-11-19-16(20-12-14)18-8-7-13-5-3-2-4-6-13/h2-6,11-12H,7-10H2,1H3,(H,17,21)(H,18,19,20). The minimum atomic E-state index is -0.201. The molecule has 22 heavy (non-hydrogen) atoms. The first-order valence-electron chi connectivity index (χ1n) is 7.16. The van der Waals surface area contributed by atoms with E-state index in [1.165, 1.54) is 18.0 Å². The molecule has 0 fully saturated rings. The van der Waals surface area contributed by atoms with Gasteiger partial charge in [-0.15, -0.1) is 0 Å². The van der Waals surface area contributed by atoms with Gasteiger partial charge in [-0.25, -0.2) is 9.97 Å². The fourth-order valence-electron chi connectivity index (χ4n) is 1.87. The topological polar surface area (TPSA) is 76.1 Å². The summed E-state index contributed by atoms with van der Waals surface area (Å²) in [6, 6.07) is 10.2. The number of hydrogen-bond acceptors (Lipinski definition) is 5. The number of carbonyl (C=O) groups excluding carboxylic acids is 1. The number of anilines is 1. The summed E-state index contributed by atoms with van der Waals surface area (Å²) in [7, 11) is 1.59. The van der Waals surface area contributed by atoms with Crippen molar-refractivity contribution in [3.63, 3.8) is 0 Å². The van der Waals surface area contributed by atoms with Crippen LogP contribution in [0.1, 0.15) is 15.9 Å². The van der Waals surface area contributed by atoms with Crippen LogP contribution in [0.15, 0.2) is 42.7 Å². The Labute approximate surface area is 129 Å². The third kappa shape index (κ3) is 5.14. The SMILES string of the molecule is COCCNC(=O)c1cnc(NCCc2ccccc2)nc1. The summed E-state index contributed by atoms with van der Waals surface area (Å²) >= 11 is 0. The van der Waals surface area contributed by atoms with Crippen molar-refractivity contribution in [2.75, 3.05) is 32.1 Å². The van der Waals surface area contributed by atoms with Gasteiger partial charge in [0.05, 0.1) is 12.2 Å². The lowest BCUT2D eigenvalue weighted by Gasteiger charge is -2.06. The minimum Gasteiger partial charge on any atom is -0.383 e. The smallest absolute Gasteiger partial charge is 0.254 e. The van der Waals surface area contributed by atoms with Crippen LogP contribution in [-0.4, -0.2) is 42.7 Å². The van der Waals surface area contributed by atoms with Crippen LogP contribution in [0.3, 0.4) is 0 Å². The zero-order chi connectivity index (χ0) is 15.6. The highest BCUT2D eigenvalue weighted by Crippen LogP contribution is 2.03. The lowest BCUT2D eigenvalue weighted by Crippen LogP contribution is -2.27. The zero-order valence-electron chi connectivity index (χ0n) is 12.6. The summed E-state index contributed by atoms with van der Waals surface area (Å²) in [5, 5.41) is 5.86. The van der Waals surface area contributed by atoms with Gasteiger partial charge >= 0.3 is 0 Å². The molecule has 2 rings (SSSR count). The van der Waals surface area contributed by atoms with Crippen molar-refractivity contribution in [2.45, 2.75) is 6.42 Å². The van der Waals surface area contributed by atoms with Crippen molar-refractivity contribution in [3.05, 3.63) is 53.9 Å². The van der Waals surface area contributed by atoms with Crippen molar-refractivity contribution < 1.29 is 9.53 Å². The third-order valence-corrected chi connectivity index (χ3v) is 3.05. The van der Waals surface area contributed by atoms with E-state index in [9.17, 15) is 4.79 Å². The monoisotopic (exact) mass is 300 g/mol. The van der Waals surface area contributed by atoms with Crippen LogP contribution in [0, 0.1) is 0 Å². The number of methoxy groups -OCH3 is 1. The van der Waals surface area contributed by atoms with Crippen molar-refractivity contribution >= 4 is 11.9 Å². The number of carbonyl (C=O) groups is 1. The minimum absolute atomic E-state index is 0.201. The van der Waals surface area contributed by atoms with E-state index in [-0.39, 0.29) is 5.91 Å². The zero-order valence-corrected chi connectivity index (χ0v) is 12.6. The molecule has 6 nitrogen and oxygen atoms in total. The molecule has 0 aliphatic carbocycles. The molecule has 0 saturated carbocycles. The van der Waals surface area contributed by atoms with Crippen LogP contribution >= 0.6 is 0 Å². The molecule has 0 atom stereocenters. The fraction of sp³-hybridized carbons (Fsp3) is 0.312. The average Bonchev–Trinajstić information content (AvgIpc) is 2.56. The van der Waals surface area contributed by atoms with Gasteiger partial charge in [0.1, 0.15) is 0 Å². The second-order valence-electron chi connectivity index (χ2n) is 4.71. The Morgan fingerprint density at radius 3 is 2.55 bits per heavy atom. The summed E-state index contributed by atoms with van der Waals surface area (Å²) in [5.41, 5.74) is 1.69. The van der Waals surface area contributed by atoms with Crippen LogP contribution in [0.5, 0.6) is 0 Å². The largest absolute Gasteiger partial charge is 0.383 e. The summed E-state index contributed by atoms with van der Waals surface area (Å²) in [4.78, 5) is 20.1. The first kappa shape index (κ1) is 15.9. The molecule has 2 N–H and O–H groups in total. The van der Waals surface area contributed by atoms with E-state index in [1.54, 1.807) is 7.11 Å². The van der Waals surface area contributed by atoms with Gasteiger partial charge in [0.2, 0.25) is 5.95 Å². The number of aromatic nitrogens is 2. The highest BCUT2D eigenvalue weighted by atomic mass is 16.5. The Kier molecular flexibility index (Phi) is 6.32. The lowest BCUT2D eigenvalue weighted by atomic mass is 10.1. The number of rotatable bonds is 8. The van der Waals surface area contributed by atoms with Crippen molar-refractivity contribution in [1.29, 1.82) is 0 Å². The summed E-state index contributed by atoms with van der Waals surface area (Å²) in [6.45, 7) is 1.68. The van der Waals surface area contributed by atoms with Gasteiger partial charge in [0, 0.05) is 32.6 Å². The second-order valence-corrected chi connectivity index (χ2v) is 4.71. The summed E-state index contributed by atoms with van der Waals surface area (Å²) in [6.07, 6.45) is 3.92. The Balaban J connectivity index is 1.78. The van der Waals surface area contributed by atoms with Crippen LogP contribution in [0.2, 0.25) is 0 Å². The average molecular weight is 300 g/mol. The predicted octanol–water partition coefficient (Wildman–Crippen LogP) is 1.51. The molecular formula is C16H20N4O2. The molecule has 0 saturated heterocycles. The molecule has 1 aromatic heterocycles. The second kappa shape index (κ2) is 8.74. The van der Waals surface area contributed by atoms with E-state index in [0.29, 0.717) is 24.7 Å². The summed E-state index contributed by atoms with van der Waals surface area (Å²) < 4.78 is 4.87. The Bertz CT molecular complexity index is 572. The highest BCUT2D eigenvalue weighted by Gasteiger charge is 2.06. The normalized spacial score (nSPS) is 10.2. The van der Waals surface area contributed by atoms with Gasteiger partial charge < -0.3 is 15.4 Å². The molecule has 6 heteroatoms. The lowest BCUT2D eigenvalue weighted by molar-refractivity contribution is 0.0936. The van der Waals surface area contributed by atoms with Crippen molar-refractivity contribution in [3.8, 4) is 0 Å². The van der Waals surface area contributed by atoms with Gasteiger partial charge in [0.25, 0.3) is 5.91 Å². The molecule has 116 valence electrons. The van der Waals surface area contributed by atoms with Gasteiger partial charge in [-0.05, 0) is 12.0 Å². The van der Waals surface area contributed by atoms with E-state index in [0.717, 1.165) is 13.0 Å². The van der Waals surface area contributed by atoms with Crippen molar-refractivity contribution in [1.82, 2.24) is 15.3 Å².